The molecule has 110 valence electrons. The molecule has 3 nitrogen and oxygen atoms in total. The van der Waals surface area contributed by atoms with Crippen LogP contribution in [0.25, 0.3) is 0 Å². The van der Waals surface area contributed by atoms with Gasteiger partial charge in [0.1, 0.15) is 0 Å². The molecule has 0 aromatic heterocycles. The molecule has 1 aliphatic rings. The number of piperidine rings is 1. The molecule has 0 aliphatic carbocycles. The van der Waals surface area contributed by atoms with E-state index in [9.17, 15) is 9.90 Å². The Bertz CT molecular complexity index is 432. The standard InChI is InChI=1S/C17H25NO2/c1-13-10-16(17(19)20)12-18(11-13)9-8-14(2)15-6-4-3-5-7-15/h3-7,13-14,16H,8-12H2,1-2H3,(H,19,20). The highest BCUT2D eigenvalue weighted by Gasteiger charge is 2.29. The van der Waals surface area contributed by atoms with Gasteiger partial charge in [0.15, 0.2) is 0 Å². The van der Waals surface area contributed by atoms with E-state index in [4.69, 9.17) is 0 Å². The Morgan fingerprint density at radius 2 is 2.05 bits per heavy atom. The van der Waals surface area contributed by atoms with Crippen LogP contribution >= 0.6 is 0 Å². The first-order valence-electron chi connectivity index (χ1n) is 7.56. The Morgan fingerprint density at radius 3 is 2.70 bits per heavy atom. The van der Waals surface area contributed by atoms with Crippen molar-refractivity contribution < 1.29 is 9.90 Å². The molecule has 0 spiro atoms. The van der Waals surface area contributed by atoms with Crippen molar-refractivity contribution in [2.75, 3.05) is 19.6 Å². The van der Waals surface area contributed by atoms with Crippen molar-refractivity contribution in [3.05, 3.63) is 35.9 Å². The Balaban J connectivity index is 1.85. The van der Waals surface area contributed by atoms with E-state index in [0.29, 0.717) is 18.4 Å². The fourth-order valence-electron chi connectivity index (χ4n) is 3.15. The molecule has 1 heterocycles. The van der Waals surface area contributed by atoms with E-state index in [1.165, 1.54) is 5.56 Å². The number of nitrogens with zero attached hydrogens (tertiary/aromatic N) is 1. The molecule has 20 heavy (non-hydrogen) atoms. The summed E-state index contributed by atoms with van der Waals surface area (Å²) in [6.45, 7) is 7.14. The third kappa shape index (κ3) is 4.07. The zero-order valence-corrected chi connectivity index (χ0v) is 12.5. The number of hydrogen-bond donors (Lipinski definition) is 1. The van der Waals surface area contributed by atoms with E-state index < -0.39 is 5.97 Å². The van der Waals surface area contributed by atoms with Crippen LogP contribution in [0.1, 0.15) is 38.2 Å². The highest BCUT2D eigenvalue weighted by atomic mass is 16.4. The van der Waals surface area contributed by atoms with Crippen molar-refractivity contribution in [2.24, 2.45) is 11.8 Å². The van der Waals surface area contributed by atoms with Gasteiger partial charge in [0.05, 0.1) is 5.92 Å². The van der Waals surface area contributed by atoms with E-state index in [1.807, 2.05) is 6.07 Å². The van der Waals surface area contributed by atoms with E-state index >= 15 is 0 Å². The fraction of sp³-hybridized carbons (Fsp3) is 0.588. The van der Waals surface area contributed by atoms with E-state index in [0.717, 1.165) is 25.9 Å². The van der Waals surface area contributed by atoms with Crippen molar-refractivity contribution in [2.45, 2.75) is 32.6 Å². The van der Waals surface area contributed by atoms with Crippen LogP contribution in [0.4, 0.5) is 0 Å². The summed E-state index contributed by atoms with van der Waals surface area (Å²) in [7, 11) is 0. The molecular weight excluding hydrogens is 250 g/mol. The van der Waals surface area contributed by atoms with Crippen LogP contribution in [0.2, 0.25) is 0 Å². The van der Waals surface area contributed by atoms with Gasteiger partial charge in [-0.3, -0.25) is 4.79 Å². The molecule has 3 heteroatoms. The number of carboxylic acid groups (broad SMARTS) is 1. The quantitative estimate of drug-likeness (QED) is 0.897. The van der Waals surface area contributed by atoms with E-state index in [-0.39, 0.29) is 5.92 Å². The predicted octanol–water partition coefficient (Wildman–Crippen LogP) is 3.22. The lowest BCUT2D eigenvalue weighted by molar-refractivity contribution is -0.144. The van der Waals surface area contributed by atoms with Crippen LogP contribution in [0, 0.1) is 11.8 Å². The van der Waals surface area contributed by atoms with Gasteiger partial charge < -0.3 is 10.0 Å². The maximum Gasteiger partial charge on any atom is 0.307 e. The fourth-order valence-corrected chi connectivity index (χ4v) is 3.15. The molecule has 2 rings (SSSR count). The third-order valence-corrected chi connectivity index (χ3v) is 4.33. The number of rotatable bonds is 5. The first kappa shape index (κ1) is 15.0. The summed E-state index contributed by atoms with van der Waals surface area (Å²) in [6.07, 6.45) is 1.91. The molecule has 0 saturated carbocycles. The molecule has 0 radical (unpaired) electrons. The number of aliphatic carboxylic acids is 1. The van der Waals surface area contributed by atoms with E-state index in [2.05, 4.69) is 43.0 Å². The minimum absolute atomic E-state index is 0.189. The van der Waals surface area contributed by atoms with Crippen molar-refractivity contribution in [3.63, 3.8) is 0 Å². The molecular formula is C17H25NO2. The van der Waals surface area contributed by atoms with Crippen molar-refractivity contribution >= 4 is 5.97 Å². The van der Waals surface area contributed by atoms with Crippen LogP contribution in [0.5, 0.6) is 0 Å². The Labute approximate surface area is 121 Å². The normalized spacial score (nSPS) is 25.3. The monoisotopic (exact) mass is 275 g/mol. The number of hydrogen-bond acceptors (Lipinski definition) is 2. The summed E-state index contributed by atoms with van der Waals surface area (Å²) in [6, 6.07) is 10.5. The average Bonchev–Trinajstić information content (AvgIpc) is 2.45. The molecule has 1 N–H and O–H groups in total. The van der Waals surface area contributed by atoms with Crippen molar-refractivity contribution in [1.29, 1.82) is 0 Å². The summed E-state index contributed by atoms with van der Waals surface area (Å²) in [5.74, 6) is 0.178. The zero-order chi connectivity index (χ0) is 14.5. The lowest BCUT2D eigenvalue weighted by atomic mass is 9.89. The lowest BCUT2D eigenvalue weighted by Crippen LogP contribution is -2.43. The minimum atomic E-state index is -0.641. The smallest absolute Gasteiger partial charge is 0.307 e. The van der Waals surface area contributed by atoms with Crippen LogP contribution in [-0.2, 0) is 4.79 Å². The molecule has 1 fully saturated rings. The Kier molecular flexibility index (Phi) is 5.18. The lowest BCUT2D eigenvalue weighted by Gasteiger charge is -2.35. The molecule has 3 atom stereocenters. The summed E-state index contributed by atoms with van der Waals surface area (Å²) < 4.78 is 0. The molecule has 0 bridgehead atoms. The van der Waals surface area contributed by atoms with E-state index in [1.54, 1.807) is 0 Å². The van der Waals surface area contributed by atoms with Crippen LogP contribution in [0.3, 0.4) is 0 Å². The number of likely N-dealkylation sites (tertiary alicyclic amines) is 1. The third-order valence-electron chi connectivity index (χ3n) is 4.33. The maximum atomic E-state index is 11.2. The largest absolute Gasteiger partial charge is 0.481 e. The first-order valence-corrected chi connectivity index (χ1v) is 7.56. The minimum Gasteiger partial charge on any atom is -0.481 e. The first-order chi connectivity index (χ1) is 9.56. The van der Waals surface area contributed by atoms with Crippen molar-refractivity contribution in [1.82, 2.24) is 4.90 Å². The van der Waals surface area contributed by atoms with Gasteiger partial charge in [-0.05, 0) is 36.8 Å². The number of carboxylic acids is 1. The molecule has 1 aromatic carbocycles. The number of carbonyl (C=O) groups is 1. The molecule has 3 unspecified atom stereocenters. The summed E-state index contributed by atoms with van der Waals surface area (Å²) >= 11 is 0. The van der Waals surface area contributed by atoms with Gasteiger partial charge in [-0.15, -0.1) is 0 Å². The van der Waals surface area contributed by atoms with Crippen LogP contribution < -0.4 is 0 Å². The van der Waals surface area contributed by atoms with Gasteiger partial charge in [0.2, 0.25) is 0 Å². The van der Waals surface area contributed by atoms with Gasteiger partial charge >= 0.3 is 5.97 Å². The maximum absolute atomic E-state index is 11.2. The van der Waals surface area contributed by atoms with Gasteiger partial charge in [-0.25, -0.2) is 0 Å². The summed E-state index contributed by atoms with van der Waals surface area (Å²) in [5.41, 5.74) is 1.37. The second kappa shape index (κ2) is 6.89. The summed E-state index contributed by atoms with van der Waals surface area (Å²) in [4.78, 5) is 13.5. The molecule has 0 amide bonds. The second-order valence-corrected chi connectivity index (χ2v) is 6.24. The molecule has 1 saturated heterocycles. The number of benzene rings is 1. The highest BCUT2D eigenvalue weighted by Crippen LogP contribution is 2.24. The Hall–Kier alpha value is -1.35. The highest BCUT2D eigenvalue weighted by molar-refractivity contribution is 5.70. The molecule has 1 aliphatic heterocycles. The SMILES string of the molecule is CC1CC(C(=O)O)CN(CCC(C)c2ccccc2)C1. The van der Waals surface area contributed by atoms with Gasteiger partial charge in [-0.2, -0.15) is 0 Å². The zero-order valence-electron chi connectivity index (χ0n) is 12.5. The molecule has 1 aromatic rings. The van der Waals surface area contributed by atoms with Gasteiger partial charge in [0, 0.05) is 13.1 Å². The van der Waals surface area contributed by atoms with Crippen LogP contribution in [-0.4, -0.2) is 35.6 Å². The van der Waals surface area contributed by atoms with Gasteiger partial charge in [-0.1, -0.05) is 44.2 Å². The Morgan fingerprint density at radius 1 is 1.35 bits per heavy atom. The predicted molar refractivity (Wildman–Crippen MR) is 80.8 cm³/mol. The summed E-state index contributed by atoms with van der Waals surface area (Å²) in [5, 5.41) is 9.20. The average molecular weight is 275 g/mol. The second-order valence-electron chi connectivity index (χ2n) is 6.24. The van der Waals surface area contributed by atoms with Crippen molar-refractivity contribution in [3.8, 4) is 0 Å². The van der Waals surface area contributed by atoms with Gasteiger partial charge in [0.25, 0.3) is 0 Å². The van der Waals surface area contributed by atoms with Crippen LogP contribution in [0.15, 0.2) is 30.3 Å². The topological polar surface area (TPSA) is 40.5 Å².